The number of imidazole rings is 1. The predicted octanol–water partition coefficient (Wildman–Crippen LogP) is 5.49. The van der Waals surface area contributed by atoms with Gasteiger partial charge in [0.05, 0.1) is 5.69 Å². The number of aromatic nitrogens is 5. The molecule has 0 spiro atoms. The first-order valence-corrected chi connectivity index (χ1v) is 12.7. The van der Waals surface area contributed by atoms with Crippen LogP contribution in [0.25, 0.3) is 22.4 Å². The van der Waals surface area contributed by atoms with E-state index in [1.54, 1.807) is 12.4 Å². The predicted molar refractivity (Wildman–Crippen MR) is 144 cm³/mol. The Morgan fingerprint density at radius 2 is 1.92 bits per heavy atom. The number of hydrogen-bond acceptors (Lipinski definition) is 6. The van der Waals surface area contributed by atoms with Crippen LogP contribution in [0.15, 0.2) is 82.5 Å². The van der Waals surface area contributed by atoms with Gasteiger partial charge >= 0.3 is 5.76 Å². The number of allylic oxidation sites excluding steroid dienone is 1. The Bertz CT molecular complexity index is 1690. The Morgan fingerprint density at radius 3 is 2.71 bits per heavy atom. The molecule has 0 saturated carbocycles. The van der Waals surface area contributed by atoms with E-state index in [-0.39, 0.29) is 0 Å². The molecule has 0 amide bonds. The Kier molecular flexibility index (Phi) is 6.21. The number of nitrogens with one attached hydrogen (secondary N) is 1. The molecule has 1 aliphatic rings. The quantitative estimate of drug-likeness (QED) is 0.327. The van der Waals surface area contributed by atoms with E-state index < -0.39 is 5.76 Å². The lowest BCUT2D eigenvalue weighted by Crippen LogP contribution is -2.06. The standard InChI is InChI=1S/C30H27N5O3/c1-3-6-27-32-25(21-11-13-31-14-12-21)17-35(27)16-20-9-10-23-22(15-20)18-37-26-8-5-4-7-24(26)28(23)19(2)29-33-30(36)38-34-29/h4-5,7-15,17H,3,6,16,18H2,1-2H3,(H,33,34,36)/b28-19-. The fraction of sp³-hybridized carbons (Fsp3) is 0.200. The van der Waals surface area contributed by atoms with Crippen molar-refractivity contribution >= 4 is 11.1 Å². The molecule has 4 heterocycles. The molecule has 5 aromatic rings. The smallest absolute Gasteiger partial charge is 0.439 e. The summed E-state index contributed by atoms with van der Waals surface area (Å²) in [7, 11) is 0. The van der Waals surface area contributed by atoms with Crippen molar-refractivity contribution in [2.45, 2.75) is 39.8 Å². The van der Waals surface area contributed by atoms with Crippen LogP contribution in [0.4, 0.5) is 0 Å². The first-order chi connectivity index (χ1) is 18.6. The first kappa shape index (κ1) is 23.7. The number of aryl methyl sites for hydroxylation is 1. The van der Waals surface area contributed by atoms with Crippen LogP contribution in [0.5, 0.6) is 5.75 Å². The lowest BCUT2D eigenvalue weighted by molar-refractivity contribution is 0.307. The summed E-state index contributed by atoms with van der Waals surface area (Å²) in [5.41, 5.74) is 7.97. The van der Waals surface area contributed by atoms with Crippen LogP contribution >= 0.6 is 0 Å². The van der Waals surface area contributed by atoms with Gasteiger partial charge in [-0.1, -0.05) is 42.4 Å². The molecule has 8 nitrogen and oxygen atoms in total. The summed E-state index contributed by atoms with van der Waals surface area (Å²) in [4.78, 5) is 23.4. The topological polar surface area (TPSA) is 98.8 Å². The molecule has 3 aromatic heterocycles. The second-order valence-electron chi connectivity index (χ2n) is 9.38. The normalized spacial score (nSPS) is 13.8. The Hall–Kier alpha value is -4.72. The minimum absolute atomic E-state index is 0.406. The van der Waals surface area contributed by atoms with Crippen molar-refractivity contribution in [3.8, 4) is 17.0 Å². The van der Waals surface area contributed by atoms with Gasteiger partial charge in [0, 0.05) is 48.3 Å². The molecule has 0 bridgehead atoms. The lowest BCUT2D eigenvalue weighted by atomic mass is 9.89. The Morgan fingerprint density at radius 1 is 1.08 bits per heavy atom. The van der Waals surface area contributed by atoms with Crippen molar-refractivity contribution in [3.63, 3.8) is 0 Å². The number of fused-ring (bicyclic) bond motifs is 2. The summed E-state index contributed by atoms with van der Waals surface area (Å²) in [6.45, 7) is 5.23. The number of pyridine rings is 1. The molecule has 0 aliphatic carbocycles. The van der Waals surface area contributed by atoms with E-state index in [0.29, 0.717) is 19.0 Å². The summed E-state index contributed by atoms with van der Waals surface area (Å²) in [6.07, 6.45) is 7.62. The minimum atomic E-state index is -0.581. The molecule has 1 N–H and O–H groups in total. The maximum atomic E-state index is 11.7. The lowest BCUT2D eigenvalue weighted by Gasteiger charge is -2.15. The SMILES string of the molecule is CCCc1nc(-c2ccncc2)cn1Cc1ccc2c(c1)COc1ccccc1/C2=C(/C)c1noc(=O)[nH]1. The second kappa shape index (κ2) is 9.97. The third kappa shape index (κ3) is 4.45. The van der Waals surface area contributed by atoms with Gasteiger partial charge in [-0.3, -0.25) is 14.5 Å². The fourth-order valence-corrected chi connectivity index (χ4v) is 5.00. The van der Waals surface area contributed by atoms with Crippen LogP contribution in [0, 0.1) is 0 Å². The molecule has 0 atom stereocenters. The summed E-state index contributed by atoms with van der Waals surface area (Å²) in [6, 6.07) is 18.4. The van der Waals surface area contributed by atoms with Crippen molar-refractivity contribution in [2.75, 3.05) is 0 Å². The zero-order valence-corrected chi connectivity index (χ0v) is 21.3. The number of para-hydroxylation sites is 1. The highest BCUT2D eigenvalue weighted by Crippen LogP contribution is 2.40. The summed E-state index contributed by atoms with van der Waals surface area (Å²) >= 11 is 0. The van der Waals surface area contributed by atoms with Crippen LogP contribution in [0.1, 0.15) is 54.2 Å². The Balaban J connectivity index is 1.42. The third-order valence-electron chi connectivity index (χ3n) is 6.81. The average Bonchev–Trinajstić information content (AvgIpc) is 3.51. The van der Waals surface area contributed by atoms with Crippen LogP contribution in [-0.2, 0) is 19.6 Å². The van der Waals surface area contributed by atoms with Crippen molar-refractivity contribution in [1.82, 2.24) is 24.7 Å². The van der Waals surface area contributed by atoms with Crippen LogP contribution in [0.2, 0.25) is 0 Å². The van der Waals surface area contributed by atoms with Gasteiger partial charge in [-0.25, -0.2) is 9.78 Å². The van der Waals surface area contributed by atoms with Gasteiger partial charge in [0.2, 0.25) is 0 Å². The zero-order valence-electron chi connectivity index (χ0n) is 21.3. The van der Waals surface area contributed by atoms with Crippen LogP contribution in [-0.4, -0.2) is 24.7 Å². The van der Waals surface area contributed by atoms with Gasteiger partial charge in [0.25, 0.3) is 0 Å². The number of aromatic amines is 1. The van der Waals surface area contributed by atoms with Gasteiger partial charge in [0.15, 0.2) is 5.82 Å². The average molecular weight is 506 g/mol. The molecular formula is C30H27N5O3. The first-order valence-electron chi connectivity index (χ1n) is 12.7. The van der Waals surface area contributed by atoms with E-state index in [2.05, 4.69) is 51.0 Å². The number of H-pyrrole nitrogens is 1. The highest BCUT2D eigenvalue weighted by atomic mass is 16.5. The molecule has 1 aliphatic heterocycles. The zero-order chi connectivity index (χ0) is 26.1. The monoisotopic (exact) mass is 505 g/mol. The molecule has 0 radical (unpaired) electrons. The molecule has 0 unspecified atom stereocenters. The largest absolute Gasteiger partial charge is 0.488 e. The molecule has 8 heteroatoms. The van der Waals surface area contributed by atoms with E-state index >= 15 is 0 Å². The number of hydrogen-bond donors (Lipinski definition) is 1. The van der Waals surface area contributed by atoms with Crippen molar-refractivity contribution < 1.29 is 9.26 Å². The Labute approximate surface area is 219 Å². The summed E-state index contributed by atoms with van der Waals surface area (Å²) < 4.78 is 13.3. The minimum Gasteiger partial charge on any atom is -0.488 e. The molecule has 0 fully saturated rings. The van der Waals surface area contributed by atoms with Gasteiger partial charge in [-0.05, 0) is 59.9 Å². The highest BCUT2D eigenvalue weighted by molar-refractivity contribution is 5.99. The van der Waals surface area contributed by atoms with E-state index in [9.17, 15) is 4.79 Å². The van der Waals surface area contributed by atoms with Gasteiger partial charge in [-0.15, -0.1) is 0 Å². The molecule has 2 aromatic carbocycles. The molecule has 0 saturated heterocycles. The van der Waals surface area contributed by atoms with Crippen molar-refractivity contribution in [2.24, 2.45) is 0 Å². The number of nitrogens with zero attached hydrogens (tertiary/aromatic N) is 4. The van der Waals surface area contributed by atoms with Gasteiger partial charge < -0.3 is 9.30 Å². The van der Waals surface area contributed by atoms with Gasteiger partial charge in [-0.2, -0.15) is 0 Å². The summed E-state index contributed by atoms with van der Waals surface area (Å²) in [5, 5.41) is 3.94. The van der Waals surface area contributed by atoms with Crippen LogP contribution < -0.4 is 10.5 Å². The third-order valence-corrected chi connectivity index (χ3v) is 6.81. The molecule has 190 valence electrons. The highest BCUT2D eigenvalue weighted by Gasteiger charge is 2.23. The number of rotatable bonds is 6. The van der Waals surface area contributed by atoms with Gasteiger partial charge in [0.1, 0.15) is 18.2 Å². The van der Waals surface area contributed by atoms with Crippen molar-refractivity contribution in [3.05, 3.63) is 118 Å². The van der Waals surface area contributed by atoms with E-state index in [1.807, 2.05) is 43.3 Å². The second-order valence-corrected chi connectivity index (χ2v) is 9.38. The molecular weight excluding hydrogens is 478 g/mol. The molecule has 6 rings (SSSR count). The van der Waals surface area contributed by atoms with E-state index in [1.165, 1.54) is 0 Å². The molecule has 38 heavy (non-hydrogen) atoms. The maximum absolute atomic E-state index is 11.7. The van der Waals surface area contributed by atoms with E-state index in [4.69, 9.17) is 14.2 Å². The van der Waals surface area contributed by atoms with E-state index in [0.717, 1.165) is 69.1 Å². The fourth-order valence-electron chi connectivity index (χ4n) is 5.00. The summed E-state index contributed by atoms with van der Waals surface area (Å²) in [5.74, 6) is 1.67. The maximum Gasteiger partial charge on any atom is 0.439 e. The van der Waals surface area contributed by atoms with Crippen molar-refractivity contribution in [1.29, 1.82) is 0 Å². The number of benzene rings is 2. The van der Waals surface area contributed by atoms with Crippen LogP contribution in [0.3, 0.4) is 0 Å². The number of ether oxygens (including phenoxy) is 1.